The van der Waals surface area contributed by atoms with E-state index in [9.17, 15) is 44.4 Å². The minimum absolute atomic E-state index is 0.0835. The number of ketones is 4. The van der Waals surface area contributed by atoms with E-state index in [2.05, 4.69) is 5.32 Å². The SMILES string of the molecule is C/C1=C/C=C\C=C\[C@H](C)[C@@H](O)CC(=O)/C(C)=C/C[C@H](O)/C=C/[C@H](C)[C@H](O)[C@@H](C)/C=C(\C)C(=O)c2c(O)c(C)cc3c2C(=O)C(N)=C(NC1=O)C3=O. The van der Waals surface area contributed by atoms with Gasteiger partial charge in [-0.05, 0) is 56.9 Å². The van der Waals surface area contributed by atoms with E-state index in [1.54, 1.807) is 64.2 Å². The van der Waals surface area contributed by atoms with Crippen LogP contribution >= 0.6 is 0 Å². The van der Waals surface area contributed by atoms with E-state index in [1.807, 2.05) is 0 Å². The highest BCUT2D eigenvalue weighted by molar-refractivity contribution is 6.31. The van der Waals surface area contributed by atoms with Crippen molar-refractivity contribution in [1.29, 1.82) is 0 Å². The van der Waals surface area contributed by atoms with Gasteiger partial charge >= 0.3 is 0 Å². The number of allylic oxidation sites excluding steroid dienone is 8. The number of Topliss-reactive ketones (excluding diaryl/α,β-unsaturated/α-hetero) is 4. The van der Waals surface area contributed by atoms with E-state index in [0.29, 0.717) is 5.57 Å². The Morgan fingerprint density at radius 3 is 2.08 bits per heavy atom. The number of rotatable bonds is 0. The number of fused-ring (bicyclic) bond motifs is 18. The van der Waals surface area contributed by atoms with Gasteiger partial charge in [0.15, 0.2) is 11.6 Å². The fourth-order valence-corrected chi connectivity index (χ4v) is 5.68. The molecule has 0 saturated heterocycles. The van der Waals surface area contributed by atoms with Crippen molar-refractivity contribution < 1.29 is 44.4 Å². The maximum atomic E-state index is 13.8. The number of nitrogens with two attached hydrogens (primary N) is 1. The molecule has 4 bridgehead atoms. The van der Waals surface area contributed by atoms with Crippen LogP contribution in [0.1, 0.15) is 91.0 Å². The van der Waals surface area contributed by atoms with E-state index in [1.165, 1.54) is 45.1 Å². The van der Waals surface area contributed by atoms with Crippen LogP contribution in [0.3, 0.4) is 0 Å². The lowest BCUT2D eigenvalue weighted by Gasteiger charge is -2.24. The summed E-state index contributed by atoms with van der Waals surface area (Å²) in [4.78, 5) is 66.8. The lowest BCUT2D eigenvalue weighted by molar-refractivity contribution is -0.118. The zero-order valence-electron chi connectivity index (χ0n) is 30.1. The summed E-state index contributed by atoms with van der Waals surface area (Å²) in [6.07, 6.45) is 11.3. The number of nitrogens with one attached hydrogen (secondary N) is 1. The molecule has 2 heterocycles. The van der Waals surface area contributed by atoms with Gasteiger partial charge < -0.3 is 31.5 Å². The van der Waals surface area contributed by atoms with Crippen LogP contribution in [0.4, 0.5) is 0 Å². The molecule has 1 amide bonds. The van der Waals surface area contributed by atoms with Gasteiger partial charge in [-0.2, -0.15) is 0 Å². The lowest BCUT2D eigenvalue weighted by atomic mass is 9.82. The Labute approximate surface area is 298 Å². The number of amides is 1. The number of phenolic OH excluding ortho intramolecular Hbond substituents is 1. The molecule has 7 N–H and O–H groups in total. The quantitative estimate of drug-likeness (QED) is 0.210. The van der Waals surface area contributed by atoms with E-state index >= 15 is 0 Å². The van der Waals surface area contributed by atoms with Gasteiger partial charge in [0.2, 0.25) is 11.6 Å². The molecular formula is C40H48N2O9. The molecule has 0 aromatic heterocycles. The summed E-state index contributed by atoms with van der Waals surface area (Å²) in [5.74, 6) is -5.44. The molecule has 6 atom stereocenters. The van der Waals surface area contributed by atoms with E-state index in [0.717, 1.165) is 0 Å². The van der Waals surface area contributed by atoms with E-state index in [-0.39, 0.29) is 52.4 Å². The number of phenols is 1. The van der Waals surface area contributed by atoms with Gasteiger partial charge in [-0.15, -0.1) is 0 Å². The number of hydrogen-bond acceptors (Lipinski definition) is 10. The van der Waals surface area contributed by atoms with Gasteiger partial charge in [-0.25, -0.2) is 0 Å². The van der Waals surface area contributed by atoms with Gasteiger partial charge in [-0.1, -0.05) is 75.5 Å². The highest BCUT2D eigenvalue weighted by Crippen LogP contribution is 2.36. The van der Waals surface area contributed by atoms with Crippen LogP contribution in [-0.2, 0) is 9.59 Å². The summed E-state index contributed by atoms with van der Waals surface area (Å²) in [5.41, 5.74) is 4.83. The number of aromatic hydroxyl groups is 1. The number of carbonyl (C=O) groups excluding carboxylic acids is 5. The molecule has 1 aliphatic carbocycles. The number of carbonyl (C=O) groups is 5. The van der Waals surface area contributed by atoms with Gasteiger partial charge in [0.25, 0.3) is 5.91 Å². The number of benzene rings is 1. The van der Waals surface area contributed by atoms with Crippen molar-refractivity contribution in [2.45, 2.75) is 79.6 Å². The molecule has 1 aromatic rings. The predicted octanol–water partition coefficient (Wildman–Crippen LogP) is 4.41. The van der Waals surface area contributed by atoms with Gasteiger partial charge in [0, 0.05) is 35.3 Å². The largest absolute Gasteiger partial charge is 0.507 e. The second kappa shape index (κ2) is 17.3. The van der Waals surface area contributed by atoms with Crippen LogP contribution in [0.25, 0.3) is 0 Å². The van der Waals surface area contributed by atoms with Crippen LogP contribution < -0.4 is 11.1 Å². The molecule has 3 aliphatic rings. The summed E-state index contributed by atoms with van der Waals surface area (Å²) in [7, 11) is 0. The standard InChI is InChI=1S/C40H48N2O9/c1-20-11-9-8-10-12-23(4)40(51)42-34-33(41)39(50)31-28(38(34)49)18-26(7)37(48)32(31)36(47)25(6)17-24(5)35(46)22(3)14-16-27(43)15-13-21(2)30(45)19-29(20)44/h8-14,16-18,20,22,24,27,29,35,43-44,46,48H,15,19,41H2,1-7H3,(H,42,51)/b10-8-,11-9+,16-14+,21-13+,23-12-,25-17+/t20-,22-,24-,27-,29-,35-/m0/s1. The van der Waals surface area contributed by atoms with Crippen LogP contribution in [-0.4, -0.2) is 67.8 Å². The molecule has 0 radical (unpaired) electrons. The molecule has 11 nitrogen and oxygen atoms in total. The molecule has 1 aromatic carbocycles. The Kier molecular flexibility index (Phi) is 13.7. The third-order valence-corrected chi connectivity index (χ3v) is 9.20. The van der Waals surface area contributed by atoms with Crippen molar-refractivity contribution >= 4 is 29.0 Å². The number of hydrogen-bond donors (Lipinski definition) is 6. The first-order valence-electron chi connectivity index (χ1n) is 16.8. The summed E-state index contributed by atoms with van der Waals surface area (Å²) >= 11 is 0. The maximum absolute atomic E-state index is 13.8. The Bertz CT molecular complexity index is 1820. The van der Waals surface area contributed by atoms with Gasteiger partial charge in [-0.3, -0.25) is 24.0 Å². The number of aryl methyl sites for hydroxylation is 1. The van der Waals surface area contributed by atoms with Gasteiger partial charge in [0.1, 0.15) is 17.1 Å². The van der Waals surface area contributed by atoms with Crippen LogP contribution in [0.15, 0.2) is 88.9 Å². The molecule has 0 spiro atoms. The fraction of sp³-hybridized carbons (Fsp3) is 0.375. The molecule has 272 valence electrons. The van der Waals surface area contributed by atoms with Crippen molar-refractivity contribution in [2.24, 2.45) is 23.5 Å². The average molecular weight is 701 g/mol. The topological polar surface area (TPSA) is 204 Å². The van der Waals surface area contributed by atoms with Crippen molar-refractivity contribution in [3.8, 4) is 5.75 Å². The fourth-order valence-electron chi connectivity index (χ4n) is 5.68. The molecule has 2 aliphatic heterocycles. The number of aliphatic hydroxyl groups excluding tert-OH is 3. The zero-order chi connectivity index (χ0) is 38.3. The molecule has 0 fully saturated rings. The molecule has 51 heavy (non-hydrogen) atoms. The average Bonchev–Trinajstić information content (AvgIpc) is 3.09. The van der Waals surface area contributed by atoms with Crippen molar-refractivity contribution in [1.82, 2.24) is 5.32 Å². The maximum Gasteiger partial charge on any atom is 0.251 e. The van der Waals surface area contributed by atoms with Gasteiger partial charge in [0.05, 0.1) is 29.4 Å². The number of aliphatic hydroxyl groups is 3. The summed E-state index contributed by atoms with van der Waals surface area (Å²) in [5, 5.41) is 45.6. The molecule has 11 heteroatoms. The smallest absolute Gasteiger partial charge is 0.251 e. The minimum atomic E-state index is -1.01. The highest BCUT2D eigenvalue weighted by Gasteiger charge is 2.38. The van der Waals surface area contributed by atoms with Crippen LogP contribution in [0, 0.1) is 24.7 Å². The van der Waals surface area contributed by atoms with E-state index in [4.69, 9.17) is 5.73 Å². The van der Waals surface area contributed by atoms with Crippen molar-refractivity contribution in [3.63, 3.8) is 0 Å². The minimum Gasteiger partial charge on any atom is -0.507 e. The third kappa shape index (κ3) is 9.63. The van der Waals surface area contributed by atoms with Crippen molar-refractivity contribution in [3.05, 3.63) is 111 Å². The summed E-state index contributed by atoms with van der Waals surface area (Å²) in [6, 6.07) is 1.26. The highest BCUT2D eigenvalue weighted by atomic mass is 16.3. The van der Waals surface area contributed by atoms with E-state index < -0.39 is 76.1 Å². The molecule has 0 saturated carbocycles. The Balaban J connectivity index is 2.08. The zero-order valence-corrected chi connectivity index (χ0v) is 30.1. The Morgan fingerprint density at radius 1 is 0.745 bits per heavy atom. The van der Waals surface area contributed by atoms with Crippen LogP contribution in [0.2, 0.25) is 0 Å². The molecule has 0 unspecified atom stereocenters. The van der Waals surface area contributed by atoms with Crippen LogP contribution in [0.5, 0.6) is 5.75 Å². The normalized spacial score (nSPS) is 31.6. The molecular weight excluding hydrogens is 652 g/mol. The first kappa shape index (κ1) is 40.5. The first-order chi connectivity index (χ1) is 23.9. The second-order valence-electron chi connectivity index (χ2n) is 13.4. The summed E-state index contributed by atoms with van der Waals surface area (Å²) in [6.45, 7) is 11.2. The molecule has 4 rings (SSSR count). The Morgan fingerprint density at radius 2 is 1.41 bits per heavy atom. The Hall–Kier alpha value is -4.97. The lowest BCUT2D eigenvalue weighted by Crippen LogP contribution is -2.37. The predicted molar refractivity (Wildman–Crippen MR) is 194 cm³/mol. The third-order valence-electron chi connectivity index (χ3n) is 9.20. The van der Waals surface area contributed by atoms with Crippen molar-refractivity contribution in [2.75, 3.05) is 0 Å². The summed E-state index contributed by atoms with van der Waals surface area (Å²) < 4.78 is 0. The first-order valence-corrected chi connectivity index (χ1v) is 16.8. The monoisotopic (exact) mass is 700 g/mol. The second-order valence-corrected chi connectivity index (χ2v) is 13.4.